The maximum atomic E-state index is 13.3. The second kappa shape index (κ2) is 7.29. The van der Waals surface area contributed by atoms with Gasteiger partial charge in [-0.3, -0.25) is 9.59 Å². The van der Waals surface area contributed by atoms with E-state index in [-0.39, 0.29) is 29.7 Å². The number of carbonyl (C=O) groups is 2. The monoisotopic (exact) mass is 429 g/mol. The Labute approximate surface area is 186 Å². The van der Waals surface area contributed by atoms with E-state index in [1.807, 2.05) is 41.0 Å². The molecule has 0 unspecified atom stereocenters. The van der Waals surface area contributed by atoms with Gasteiger partial charge < -0.3 is 14.5 Å². The summed E-state index contributed by atoms with van der Waals surface area (Å²) in [6, 6.07) is 13.7. The molecule has 1 aliphatic heterocycles. The number of hydrogen-bond acceptors (Lipinski definition) is 4. The summed E-state index contributed by atoms with van der Waals surface area (Å²) >= 11 is 0. The molecule has 0 spiro atoms. The van der Waals surface area contributed by atoms with Crippen LogP contribution in [0.15, 0.2) is 42.5 Å². The number of Topliss-reactive ketones (excluding diaryl/α,β-unsaturated/α-hetero) is 1. The molecule has 32 heavy (non-hydrogen) atoms. The van der Waals surface area contributed by atoms with E-state index in [0.717, 1.165) is 34.3 Å². The fourth-order valence-electron chi connectivity index (χ4n) is 4.73. The highest BCUT2D eigenvalue weighted by Crippen LogP contribution is 2.30. The van der Waals surface area contributed by atoms with Gasteiger partial charge in [-0.25, -0.2) is 9.97 Å². The first kappa shape index (κ1) is 20.4. The quantitative estimate of drug-likeness (QED) is 0.492. The second-order valence-corrected chi connectivity index (χ2v) is 9.37. The Kier molecular flexibility index (Phi) is 4.65. The van der Waals surface area contributed by atoms with Crippen molar-refractivity contribution in [2.75, 3.05) is 6.54 Å². The van der Waals surface area contributed by atoms with Crippen molar-refractivity contribution in [2.45, 2.75) is 52.1 Å². The molecule has 1 N–H and O–H groups in total. The van der Waals surface area contributed by atoms with Crippen molar-refractivity contribution >= 4 is 33.8 Å². The first-order valence-electron chi connectivity index (χ1n) is 11.1. The lowest BCUT2D eigenvalue weighted by Gasteiger charge is -2.26. The van der Waals surface area contributed by atoms with E-state index in [4.69, 9.17) is 4.98 Å². The zero-order valence-electron chi connectivity index (χ0n) is 18.8. The minimum absolute atomic E-state index is 0.00413. The van der Waals surface area contributed by atoms with Crippen LogP contribution in [0.25, 0.3) is 22.1 Å². The third-order valence-corrected chi connectivity index (χ3v) is 6.31. The van der Waals surface area contributed by atoms with Crippen molar-refractivity contribution in [3.63, 3.8) is 0 Å². The summed E-state index contributed by atoms with van der Waals surface area (Å²) in [4.78, 5) is 35.2. The second-order valence-electron chi connectivity index (χ2n) is 9.37. The lowest BCUT2D eigenvalue weighted by Crippen LogP contribution is -2.27. The number of carbonyl (C=O) groups excluding carboxylic acids is 2. The van der Waals surface area contributed by atoms with Crippen LogP contribution in [0.3, 0.4) is 0 Å². The Hall–Kier alpha value is -3.48. The molecule has 4 aromatic rings. The van der Waals surface area contributed by atoms with Gasteiger partial charge in [0.05, 0.1) is 28.5 Å². The van der Waals surface area contributed by atoms with Crippen molar-refractivity contribution in [1.82, 2.24) is 24.4 Å². The predicted octanol–water partition coefficient (Wildman–Crippen LogP) is 4.26. The van der Waals surface area contributed by atoms with Crippen molar-refractivity contribution in [1.29, 1.82) is 0 Å². The molecule has 2 aromatic heterocycles. The van der Waals surface area contributed by atoms with Crippen LogP contribution in [0.2, 0.25) is 0 Å². The van der Waals surface area contributed by atoms with Gasteiger partial charge in [0.2, 0.25) is 5.82 Å². The topological polar surface area (TPSA) is 81.8 Å². The number of ketones is 1. The maximum absolute atomic E-state index is 13.3. The van der Waals surface area contributed by atoms with Crippen molar-refractivity contribution in [3.05, 3.63) is 59.7 Å². The zero-order valence-corrected chi connectivity index (χ0v) is 18.8. The van der Waals surface area contributed by atoms with E-state index in [9.17, 15) is 9.59 Å². The normalized spacial score (nSPS) is 15.7. The SMILES string of the molecule is CC(C)n1c(CC(=O)c2ccc3nc4n(c3c2)C(C)(C)CCNC4=O)nc2ccccc21. The van der Waals surface area contributed by atoms with Crippen molar-refractivity contribution in [3.8, 4) is 0 Å². The molecule has 0 saturated carbocycles. The average molecular weight is 430 g/mol. The minimum atomic E-state index is -0.295. The number of rotatable bonds is 4. The lowest BCUT2D eigenvalue weighted by molar-refractivity contribution is 0.0944. The van der Waals surface area contributed by atoms with Crippen LogP contribution in [0.5, 0.6) is 0 Å². The summed E-state index contributed by atoms with van der Waals surface area (Å²) in [6.07, 6.45) is 0.997. The van der Waals surface area contributed by atoms with Gasteiger partial charge in [0, 0.05) is 23.7 Å². The molecule has 0 atom stereocenters. The Bertz CT molecular complexity index is 1380. The van der Waals surface area contributed by atoms with Gasteiger partial charge in [-0.05, 0) is 64.4 Å². The van der Waals surface area contributed by atoms with Crippen LogP contribution in [0.1, 0.15) is 67.0 Å². The predicted molar refractivity (Wildman–Crippen MR) is 124 cm³/mol. The highest BCUT2D eigenvalue weighted by Gasteiger charge is 2.32. The Morgan fingerprint density at radius 2 is 1.84 bits per heavy atom. The highest BCUT2D eigenvalue weighted by molar-refractivity contribution is 6.01. The van der Waals surface area contributed by atoms with E-state index < -0.39 is 0 Å². The third kappa shape index (κ3) is 3.20. The summed E-state index contributed by atoms with van der Waals surface area (Å²) < 4.78 is 4.11. The van der Waals surface area contributed by atoms with Crippen LogP contribution in [0, 0.1) is 0 Å². The molecule has 0 bridgehead atoms. The van der Waals surface area contributed by atoms with Crippen molar-refractivity contribution < 1.29 is 9.59 Å². The van der Waals surface area contributed by atoms with Gasteiger partial charge in [-0.2, -0.15) is 0 Å². The third-order valence-electron chi connectivity index (χ3n) is 6.31. The Balaban J connectivity index is 1.57. The highest BCUT2D eigenvalue weighted by atomic mass is 16.2. The molecule has 164 valence electrons. The average Bonchev–Trinajstić information content (AvgIpc) is 3.28. The molecule has 2 aromatic carbocycles. The standard InChI is InChI=1S/C25H27N5O2/c1-15(2)29-19-8-6-5-7-17(19)27-22(29)14-21(31)16-9-10-18-20(13-16)30-23(28-18)24(32)26-12-11-25(30,3)4/h5-10,13,15H,11-12,14H2,1-4H3,(H,26,32). The molecule has 0 saturated heterocycles. The molecule has 5 rings (SSSR count). The molecule has 0 fully saturated rings. The number of imidazole rings is 2. The van der Waals surface area contributed by atoms with E-state index in [0.29, 0.717) is 17.9 Å². The van der Waals surface area contributed by atoms with Gasteiger partial charge in [0.25, 0.3) is 5.91 Å². The molecular weight excluding hydrogens is 402 g/mol. The van der Waals surface area contributed by atoms with Gasteiger partial charge in [-0.1, -0.05) is 12.1 Å². The number of aromatic nitrogens is 4. The fraction of sp³-hybridized carbons (Fsp3) is 0.360. The first-order valence-corrected chi connectivity index (χ1v) is 11.1. The number of fused-ring (bicyclic) bond motifs is 4. The molecule has 0 aliphatic carbocycles. The first-order chi connectivity index (χ1) is 15.3. The Morgan fingerprint density at radius 3 is 2.62 bits per heavy atom. The maximum Gasteiger partial charge on any atom is 0.287 e. The summed E-state index contributed by atoms with van der Waals surface area (Å²) in [5, 5.41) is 2.92. The fourth-order valence-corrected chi connectivity index (χ4v) is 4.73. The minimum Gasteiger partial charge on any atom is -0.349 e. The van der Waals surface area contributed by atoms with Crippen LogP contribution >= 0.6 is 0 Å². The lowest BCUT2D eigenvalue weighted by atomic mass is 9.99. The van der Waals surface area contributed by atoms with Crippen molar-refractivity contribution in [2.24, 2.45) is 0 Å². The number of amides is 1. The number of nitrogens with one attached hydrogen (secondary N) is 1. The molecule has 1 amide bonds. The summed E-state index contributed by atoms with van der Waals surface area (Å²) in [6.45, 7) is 8.99. The van der Waals surface area contributed by atoms with E-state index in [2.05, 4.69) is 42.6 Å². The van der Waals surface area contributed by atoms with Gasteiger partial charge in [0.15, 0.2) is 5.78 Å². The summed E-state index contributed by atoms with van der Waals surface area (Å²) in [5.74, 6) is 0.979. The molecule has 3 heterocycles. The van der Waals surface area contributed by atoms with Gasteiger partial charge >= 0.3 is 0 Å². The van der Waals surface area contributed by atoms with E-state index >= 15 is 0 Å². The van der Waals surface area contributed by atoms with Crippen LogP contribution < -0.4 is 5.32 Å². The molecule has 0 radical (unpaired) electrons. The van der Waals surface area contributed by atoms with Crippen LogP contribution in [-0.4, -0.2) is 37.3 Å². The number of hydrogen-bond donors (Lipinski definition) is 1. The molecule has 1 aliphatic rings. The smallest absolute Gasteiger partial charge is 0.287 e. The van der Waals surface area contributed by atoms with E-state index in [1.54, 1.807) is 6.07 Å². The molecule has 7 nitrogen and oxygen atoms in total. The molecule has 7 heteroatoms. The summed E-state index contributed by atoms with van der Waals surface area (Å²) in [5.41, 5.74) is 3.77. The number of para-hydroxylation sites is 2. The number of nitrogens with zero attached hydrogens (tertiary/aromatic N) is 4. The van der Waals surface area contributed by atoms with Crippen LogP contribution in [-0.2, 0) is 12.0 Å². The number of benzene rings is 2. The van der Waals surface area contributed by atoms with Gasteiger partial charge in [-0.15, -0.1) is 0 Å². The summed E-state index contributed by atoms with van der Waals surface area (Å²) in [7, 11) is 0. The van der Waals surface area contributed by atoms with Crippen LogP contribution in [0.4, 0.5) is 0 Å². The largest absolute Gasteiger partial charge is 0.349 e. The Morgan fingerprint density at radius 1 is 1.09 bits per heavy atom. The van der Waals surface area contributed by atoms with Gasteiger partial charge in [0.1, 0.15) is 5.82 Å². The van der Waals surface area contributed by atoms with E-state index in [1.165, 1.54) is 0 Å². The molecular formula is C25H27N5O2. The zero-order chi connectivity index (χ0) is 22.6.